The first-order chi connectivity index (χ1) is 8.23. The number of carbonyl (C=O) groups is 1. The molecule has 102 valence electrons. The smallest absolute Gasteiger partial charge is 0.293 e. The highest BCUT2D eigenvalue weighted by molar-refractivity contribution is 6.31. The van der Waals surface area contributed by atoms with E-state index in [2.05, 4.69) is 9.72 Å². The third-order valence-corrected chi connectivity index (χ3v) is 2.32. The summed E-state index contributed by atoms with van der Waals surface area (Å²) in [6.45, 7) is 4.83. The average molecular weight is 282 g/mol. The van der Waals surface area contributed by atoms with Gasteiger partial charge in [-0.2, -0.15) is 0 Å². The molecule has 0 bridgehead atoms. The molecule has 0 unspecified atom stereocenters. The average Bonchev–Trinajstić information content (AvgIpc) is 2.26. The van der Waals surface area contributed by atoms with E-state index in [1.807, 2.05) is 0 Å². The summed E-state index contributed by atoms with van der Waals surface area (Å²) >= 11 is 5.57. The van der Waals surface area contributed by atoms with Crippen LogP contribution in [0.25, 0.3) is 0 Å². The van der Waals surface area contributed by atoms with Crippen LogP contribution in [0.15, 0.2) is 10.9 Å². The fourth-order valence-electron chi connectivity index (χ4n) is 0.900. The largest absolute Gasteiger partial charge is 0.468 e. The van der Waals surface area contributed by atoms with Crippen molar-refractivity contribution in [2.45, 2.75) is 26.7 Å². The number of pyridine rings is 1. The number of hydrogen-bond donors (Lipinski definition) is 1. The van der Waals surface area contributed by atoms with Crippen LogP contribution in [0.1, 0.15) is 25.1 Å². The third kappa shape index (κ3) is 5.27. The maximum atomic E-state index is 12.7. The molecule has 7 heteroatoms. The van der Waals surface area contributed by atoms with E-state index in [0.29, 0.717) is 20.0 Å². The number of hydrogen-bond acceptors (Lipinski definition) is 3. The first-order valence-electron chi connectivity index (χ1n) is 5.07. The molecular weight excluding hydrogens is 268 g/mol. The molecule has 0 aliphatic carbocycles. The Bertz CT molecular complexity index is 455. The summed E-state index contributed by atoms with van der Waals surface area (Å²) in [5.41, 5.74) is -0.799. The van der Waals surface area contributed by atoms with Crippen molar-refractivity contribution in [3.63, 3.8) is 0 Å². The number of rotatable bonds is 3. The van der Waals surface area contributed by atoms with Gasteiger partial charge in [0.2, 0.25) is 0 Å². The number of halogens is 3. The van der Waals surface area contributed by atoms with Gasteiger partial charge in [0.1, 0.15) is 0 Å². The normalized spacial score (nSPS) is 10.3. The Morgan fingerprint density at radius 3 is 2.39 bits per heavy atom. The van der Waals surface area contributed by atoms with E-state index in [4.69, 9.17) is 11.6 Å². The van der Waals surface area contributed by atoms with Gasteiger partial charge in [-0.05, 0) is 19.9 Å². The van der Waals surface area contributed by atoms with Gasteiger partial charge in [-0.15, -0.1) is 0 Å². The predicted octanol–water partition coefficient (Wildman–Crippen LogP) is 2.63. The van der Waals surface area contributed by atoms with Gasteiger partial charge in [0.25, 0.3) is 18.0 Å². The summed E-state index contributed by atoms with van der Waals surface area (Å²) in [5, 5.41) is 0.0558. The topological polar surface area (TPSA) is 59.2 Å². The van der Waals surface area contributed by atoms with Crippen LogP contribution >= 0.6 is 11.6 Å². The minimum absolute atomic E-state index is 0.0558. The van der Waals surface area contributed by atoms with E-state index < -0.39 is 17.2 Å². The van der Waals surface area contributed by atoms with Crippen LogP contribution in [0.4, 0.5) is 8.78 Å². The van der Waals surface area contributed by atoms with Crippen LogP contribution in [-0.2, 0) is 15.5 Å². The summed E-state index contributed by atoms with van der Waals surface area (Å²) in [7, 11) is 0. The van der Waals surface area contributed by atoms with E-state index in [9.17, 15) is 18.4 Å². The number of alkyl halides is 2. The molecule has 4 nitrogen and oxygen atoms in total. The molecule has 0 spiro atoms. The van der Waals surface area contributed by atoms with E-state index in [0.717, 1.165) is 6.07 Å². The van der Waals surface area contributed by atoms with Gasteiger partial charge in [0.15, 0.2) is 0 Å². The van der Waals surface area contributed by atoms with Crippen molar-refractivity contribution < 1.29 is 18.3 Å². The Kier molecular flexibility index (Phi) is 6.54. The Labute approximate surface area is 108 Å². The van der Waals surface area contributed by atoms with Gasteiger partial charge in [-0.3, -0.25) is 9.59 Å². The monoisotopic (exact) mass is 281 g/mol. The summed E-state index contributed by atoms with van der Waals surface area (Å²) in [5.74, 6) is -3.07. The summed E-state index contributed by atoms with van der Waals surface area (Å²) < 4.78 is 29.6. The number of nitrogens with one attached hydrogen (secondary N) is 1. The summed E-state index contributed by atoms with van der Waals surface area (Å²) in [4.78, 5) is 22.3. The second-order valence-electron chi connectivity index (χ2n) is 3.43. The minimum Gasteiger partial charge on any atom is -0.468 e. The molecule has 0 aliphatic rings. The third-order valence-electron chi connectivity index (χ3n) is 1.93. The highest BCUT2D eigenvalue weighted by Gasteiger charge is 2.26. The van der Waals surface area contributed by atoms with Crippen LogP contribution in [0, 0.1) is 6.92 Å². The first kappa shape index (κ1) is 16.6. The molecule has 1 aromatic rings. The van der Waals surface area contributed by atoms with Gasteiger partial charge in [-0.1, -0.05) is 11.6 Å². The molecule has 0 fully saturated rings. The highest BCUT2D eigenvalue weighted by Crippen LogP contribution is 2.26. The van der Waals surface area contributed by atoms with Crippen LogP contribution in [0.3, 0.4) is 0 Å². The van der Waals surface area contributed by atoms with E-state index >= 15 is 0 Å². The fraction of sp³-hybridized carbons (Fsp3) is 0.455. The Hall–Kier alpha value is -1.43. The molecule has 1 aromatic heterocycles. The fourth-order valence-corrected chi connectivity index (χ4v) is 1.10. The van der Waals surface area contributed by atoms with E-state index in [1.165, 1.54) is 6.92 Å². The molecule has 0 saturated carbocycles. The lowest BCUT2D eigenvalue weighted by atomic mass is 10.2. The molecular formula is C11H14ClF2NO3. The molecule has 0 aromatic carbocycles. The van der Waals surface area contributed by atoms with Crippen LogP contribution in [0.2, 0.25) is 5.02 Å². The maximum absolute atomic E-state index is 12.7. The van der Waals surface area contributed by atoms with Crippen LogP contribution in [0.5, 0.6) is 0 Å². The number of ether oxygens (including phenoxy) is 1. The van der Waals surface area contributed by atoms with Gasteiger partial charge < -0.3 is 9.72 Å². The second kappa shape index (κ2) is 7.10. The molecule has 0 amide bonds. The Balaban J connectivity index is 0.000000494. The number of aromatic nitrogens is 1. The number of carbonyl (C=O) groups excluding carboxylic acids is 1. The van der Waals surface area contributed by atoms with Crippen molar-refractivity contribution in [3.8, 4) is 0 Å². The van der Waals surface area contributed by atoms with Crippen molar-refractivity contribution in [1.82, 2.24) is 4.98 Å². The molecule has 0 saturated heterocycles. The summed E-state index contributed by atoms with van der Waals surface area (Å²) in [6, 6.07) is 1.07. The van der Waals surface area contributed by atoms with Gasteiger partial charge in [-0.25, -0.2) is 8.78 Å². The van der Waals surface area contributed by atoms with Crippen molar-refractivity contribution in [1.29, 1.82) is 0 Å². The van der Waals surface area contributed by atoms with Crippen LogP contribution < -0.4 is 5.56 Å². The maximum Gasteiger partial charge on any atom is 0.293 e. The lowest BCUT2D eigenvalue weighted by Gasteiger charge is -2.10. The standard InChI is InChI=1S/C8H8ClF2NO.C3H6O2/c1-4-5(9)3-6(8(2,10)11)12-7(4)13;1-2-5-3-4/h3H,1-2H3,(H,12,13);3H,2H2,1H3. The molecule has 0 aliphatic heterocycles. The van der Waals surface area contributed by atoms with Gasteiger partial charge in [0, 0.05) is 12.5 Å². The molecule has 1 heterocycles. The van der Waals surface area contributed by atoms with Crippen LogP contribution in [-0.4, -0.2) is 18.1 Å². The highest BCUT2D eigenvalue weighted by atomic mass is 35.5. The first-order valence-corrected chi connectivity index (χ1v) is 5.44. The predicted molar refractivity (Wildman–Crippen MR) is 64.1 cm³/mol. The van der Waals surface area contributed by atoms with Gasteiger partial charge in [0.05, 0.1) is 17.3 Å². The van der Waals surface area contributed by atoms with E-state index in [-0.39, 0.29) is 10.6 Å². The molecule has 18 heavy (non-hydrogen) atoms. The lowest BCUT2D eigenvalue weighted by Crippen LogP contribution is -2.19. The van der Waals surface area contributed by atoms with Crippen molar-refractivity contribution in [2.24, 2.45) is 0 Å². The minimum atomic E-state index is -3.07. The Morgan fingerprint density at radius 2 is 2.11 bits per heavy atom. The quantitative estimate of drug-likeness (QED) is 0.867. The molecule has 0 atom stereocenters. The zero-order chi connectivity index (χ0) is 14.3. The molecule has 1 rings (SSSR count). The Morgan fingerprint density at radius 1 is 1.56 bits per heavy atom. The van der Waals surface area contributed by atoms with Crippen molar-refractivity contribution in [2.75, 3.05) is 6.61 Å². The van der Waals surface area contributed by atoms with Crippen molar-refractivity contribution >= 4 is 18.1 Å². The molecule has 0 radical (unpaired) electrons. The number of aromatic amines is 1. The lowest BCUT2D eigenvalue weighted by molar-refractivity contribution is -0.128. The number of H-pyrrole nitrogens is 1. The van der Waals surface area contributed by atoms with Crippen molar-refractivity contribution in [3.05, 3.63) is 32.7 Å². The zero-order valence-electron chi connectivity index (χ0n) is 10.2. The second-order valence-corrected chi connectivity index (χ2v) is 3.83. The molecule has 1 N–H and O–H groups in total. The zero-order valence-corrected chi connectivity index (χ0v) is 11.0. The summed E-state index contributed by atoms with van der Waals surface area (Å²) in [6.07, 6.45) is 0. The SMILES string of the molecule is CCOC=O.Cc1c(Cl)cc(C(C)(F)F)[nH]c1=O. The van der Waals surface area contributed by atoms with E-state index in [1.54, 1.807) is 6.92 Å². The van der Waals surface area contributed by atoms with Gasteiger partial charge >= 0.3 is 0 Å².